The molecule has 24 heavy (non-hydrogen) atoms. The van der Waals surface area contributed by atoms with Crippen molar-refractivity contribution < 1.29 is 19.0 Å². The van der Waals surface area contributed by atoms with E-state index in [1.165, 1.54) is 7.11 Å². The molecule has 1 unspecified atom stereocenters. The van der Waals surface area contributed by atoms with Crippen LogP contribution in [0.4, 0.5) is 0 Å². The monoisotopic (exact) mass is 350 g/mol. The number of hydrogen-bond donors (Lipinski definition) is 1. The first-order valence-corrected chi connectivity index (χ1v) is 7.99. The first-order valence-electron chi connectivity index (χ1n) is 7.58. The number of allylic oxidation sites excluding steroid dienone is 1. The highest BCUT2D eigenvalue weighted by molar-refractivity contribution is 7.80. The van der Waals surface area contributed by atoms with Gasteiger partial charge >= 0.3 is 5.97 Å². The van der Waals surface area contributed by atoms with E-state index in [0.717, 1.165) is 11.3 Å². The highest BCUT2D eigenvalue weighted by Gasteiger charge is 2.33. The molecular formula is C17H22N2O4S. The minimum Gasteiger partial charge on any atom is -0.493 e. The summed E-state index contributed by atoms with van der Waals surface area (Å²) in [5, 5.41) is 3.72. The first kappa shape index (κ1) is 18.1. The number of ether oxygens (including phenoxy) is 3. The van der Waals surface area contributed by atoms with Gasteiger partial charge in [0.25, 0.3) is 0 Å². The van der Waals surface area contributed by atoms with Crippen molar-refractivity contribution in [1.29, 1.82) is 0 Å². The number of rotatable bonds is 5. The topological polar surface area (TPSA) is 60.0 Å². The largest absolute Gasteiger partial charge is 0.493 e. The summed E-state index contributed by atoms with van der Waals surface area (Å²) in [4.78, 5) is 14.0. The molecule has 0 saturated carbocycles. The standard InChI is InChI=1S/C17H22N2O4S/c1-6-23-12-8-7-11(9-13(12)21-4)15-14(16(20)22-5)10(2)19(3)17(24)18-15/h7-9,15H,6H2,1-5H3,(H,18,24). The van der Waals surface area contributed by atoms with E-state index in [-0.39, 0.29) is 0 Å². The molecule has 1 aliphatic heterocycles. The molecule has 6 nitrogen and oxygen atoms in total. The number of thiocarbonyl (C=S) groups is 1. The van der Waals surface area contributed by atoms with Crippen LogP contribution < -0.4 is 14.8 Å². The molecule has 0 aromatic heterocycles. The lowest BCUT2D eigenvalue weighted by Crippen LogP contribution is -2.46. The summed E-state index contributed by atoms with van der Waals surface area (Å²) >= 11 is 5.36. The molecule has 0 bridgehead atoms. The summed E-state index contributed by atoms with van der Waals surface area (Å²) in [7, 11) is 4.75. The Kier molecular flexibility index (Phi) is 5.66. The van der Waals surface area contributed by atoms with Gasteiger partial charge in [0.2, 0.25) is 0 Å². The van der Waals surface area contributed by atoms with Crippen LogP contribution in [-0.4, -0.2) is 43.9 Å². The molecule has 0 radical (unpaired) electrons. The molecule has 1 aliphatic rings. The molecule has 0 fully saturated rings. The number of nitrogens with zero attached hydrogens (tertiary/aromatic N) is 1. The lowest BCUT2D eigenvalue weighted by molar-refractivity contribution is -0.136. The molecule has 0 aliphatic carbocycles. The van der Waals surface area contributed by atoms with Gasteiger partial charge in [0, 0.05) is 12.7 Å². The zero-order valence-corrected chi connectivity index (χ0v) is 15.3. The maximum Gasteiger partial charge on any atom is 0.337 e. The summed E-state index contributed by atoms with van der Waals surface area (Å²) in [6.07, 6.45) is 0. The van der Waals surface area contributed by atoms with E-state index in [1.54, 1.807) is 12.0 Å². The number of esters is 1. The Balaban J connectivity index is 2.52. The van der Waals surface area contributed by atoms with Gasteiger partial charge < -0.3 is 24.4 Å². The van der Waals surface area contributed by atoms with Gasteiger partial charge in [-0.3, -0.25) is 0 Å². The second-order valence-electron chi connectivity index (χ2n) is 5.28. The third-order valence-corrected chi connectivity index (χ3v) is 4.37. The fourth-order valence-corrected chi connectivity index (χ4v) is 2.85. The summed E-state index contributed by atoms with van der Waals surface area (Å²) in [6, 6.07) is 5.14. The minimum absolute atomic E-state index is 0.396. The van der Waals surface area contributed by atoms with Crippen LogP contribution in [0.25, 0.3) is 0 Å². The zero-order chi connectivity index (χ0) is 17.9. The van der Waals surface area contributed by atoms with Gasteiger partial charge in [-0.2, -0.15) is 0 Å². The SMILES string of the molecule is CCOc1ccc(C2NC(=S)N(C)C(C)=C2C(=O)OC)cc1OC. The second-order valence-corrected chi connectivity index (χ2v) is 5.66. The highest BCUT2D eigenvalue weighted by atomic mass is 32.1. The number of carbonyl (C=O) groups is 1. The minimum atomic E-state index is -0.411. The molecule has 7 heteroatoms. The second kappa shape index (κ2) is 7.53. The van der Waals surface area contributed by atoms with Gasteiger partial charge in [-0.1, -0.05) is 6.07 Å². The summed E-state index contributed by atoms with van der Waals surface area (Å²) in [5.74, 6) is 0.856. The number of carbonyl (C=O) groups excluding carboxylic acids is 1. The average Bonchev–Trinajstić information content (AvgIpc) is 2.59. The maximum atomic E-state index is 12.3. The smallest absolute Gasteiger partial charge is 0.337 e. The van der Waals surface area contributed by atoms with Crippen molar-refractivity contribution in [3.05, 3.63) is 35.0 Å². The van der Waals surface area contributed by atoms with Crippen LogP contribution in [0.3, 0.4) is 0 Å². The third kappa shape index (κ3) is 3.31. The molecule has 1 heterocycles. The molecule has 1 aromatic carbocycles. The molecule has 1 aromatic rings. The molecule has 0 spiro atoms. The molecule has 130 valence electrons. The van der Waals surface area contributed by atoms with Crippen molar-refractivity contribution in [3.63, 3.8) is 0 Å². The summed E-state index contributed by atoms with van der Waals surface area (Å²) < 4.78 is 15.9. The number of benzene rings is 1. The third-order valence-electron chi connectivity index (χ3n) is 3.98. The van der Waals surface area contributed by atoms with Crippen molar-refractivity contribution in [1.82, 2.24) is 10.2 Å². The molecule has 0 saturated heterocycles. The molecule has 1 N–H and O–H groups in total. The van der Waals surface area contributed by atoms with Crippen LogP contribution in [0, 0.1) is 0 Å². The van der Waals surface area contributed by atoms with Crippen LogP contribution in [0.15, 0.2) is 29.5 Å². The Morgan fingerprint density at radius 3 is 2.62 bits per heavy atom. The van der Waals surface area contributed by atoms with Crippen molar-refractivity contribution >= 4 is 23.3 Å². The lowest BCUT2D eigenvalue weighted by atomic mass is 9.95. The Bertz CT molecular complexity index is 687. The fraction of sp³-hybridized carbons (Fsp3) is 0.412. The summed E-state index contributed by atoms with van der Waals surface area (Å²) in [5.41, 5.74) is 2.11. The van der Waals surface area contributed by atoms with E-state index in [1.807, 2.05) is 39.1 Å². The Labute approximate surface area is 147 Å². The van der Waals surface area contributed by atoms with E-state index in [2.05, 4.69) is 5.32 Å². The lowest BCUT2D eigenvalue weighted by Gasteiger charge is -2.35. The predicted octanol–water partition coefficient (Wildman–Crippen LogP) is 2.40. The predicted molar refractivity (Wildman–Crippen MR) is 95.1 cm³/mol. The maximum absolute atomic E-state index is 12.3. The number of hydrogen-bond acceptors (Lipinski definition) is 5. The van der Waals surface area contributed by atoms with Crippen molar-refractivity contribution in [2.45, 2.75) is 19.9 Å². The summed E-state index contributed by atoms with van der Waals surface area (Å²) in [6.45, 7) is 4.29. The van der Waals surface area contributed by atoms with E-state index in [4.69, 9.17) is 26.4 Å². The van der Waals surface area contributed by atoms with Crippen LogP contribution in [0.2, 0.25) is 0 Å². The van der Waals surface area contributed by atoms with Gasteiger partial charge in [-0.15, -0.1) is 0 Å². The molecule has 2 rings (SSSR count). The van der Waals surface area contributed by atoms with E-state index >= 15 is 0 Å². The molecule has 0 amide bonds. The normalized spacial score (nSPS) is 17.5. The number of nitrogens with one attached hydrogen (secondary N) is 1. The van der Waals surface area contributed by atoms with Crippen molar-refractivity contribution in [2.24, 2.45) is 0 Å². The highest BCUT2D eigenvalue weighted by Crippen LogP contribution is 2.35. The van der Waals surface area contributed by atoms with Gasteiger partial charge in [-0.25, -0.2) is 4.79 Å². The van der Waals surface area contributed by atoms with Crippen LogP contribution in [0.5, 0.6) is 11.5 Å². The quantitative estimate of drug-likeness (QED) is 0.646. The van der Waals surface area contributed by atoms with Crippen LogP contribution in [-0.2, 0) is 9.53 Å². The van der Waals surface area contributed by atoms with Crippen molar-refractivity contribution in [3.8, 4) is 11.5 Å². The Morgan fingerprint density at radius 2 is 2.04 bits per heavy atom. The van der Waals surface area contributed by atoms with E-state index in [0.29, 0.717) is 28.8 Å². The zero-order valence-electron chi connectivity index (χ0n) is 14.5. The molecule has 1 atom stereocenters. The first-order chi connectivity index (χ1) is 11.4. The van der Waals surface area contributed by atoms with Gasteiger partial charge in [0.15, 0.2) is 16.6 Å². The van der Waals surface area contributed by atoms with Crippen LogP contribution in [0.1, 0.15) is 25.5 Å². The Morgan fingerprint density at radius 1 is 1.33 bits per heavy atom. The van der Waals surface area contributed by atoms with Crippen molar-refractivity contribution in [2.75, 3.05) is 27.9 Å². The van der Waals surface area contributed by atoms with E-state index < -0.39 is 12.0 Å². The van der Waals surface area contributed by atoms with Gasteiger partial charge in [0.05, 0.1) is 32.4 Å². The van der Waals surface area contributed by atoms with Gasteiger partial charge in [-0.05, 0) is 43.8 Å². The Hall–Kier alpha value is -2.28. The molecular weight excluding hydrogens is 328 g/mol. The average molecular weight is 350 g/mol. The van der Waals surface area contributed by atoms with Gasteiger partial charge in [0.1, 0.15) is 0 Å². The van der Waals surface area contributed by atoms with Crippen LogP contribution >= 0.6 is 12.2 Å². The number of methoxy groups -OCH3 is 2. The fourth-order valence-electron chi connectivity index (χ4n) is 2.60. The van der Waals surface area contributed by atoms with E-state index in [9.17, 15) is 4.79 Å².